The minimum atomic E-state index is -0.213. The average Bonchev–Trinajstić information content (AvgIpc) is 2.75. The smallest absolute Gasteiger partial charge is 0.253 e. The molecule has 1 aliphatic carbocycles. The van der Waals surface area contributed by atoms with E-state index in [0.717, 1.165) is 29.1 Å². The zero-order chi connectivity index (χ0) is 22.5. The molecular formula is C26H33N3O2. The van der Waals surface area contributed by atoms with Gasteiger partial charge in [-0.3, -0.25) is 9.59 Å². The van der Waals surface area contributed by atoms with Crippen molar-refractivity contribution in [3.05, 3.63) is 62.1 Å². The van der Waals surface area contributed by atoms with E-state index < -0.39 is 0 Å². The highest BCUT2D eigenvalue weighted by molar-refractivity contribution is 5.97. The van der Waals surface area contributed by atoms with Crippen LogP contribution in [0, 0.1) is 33.1 Å². The zero-order valence-corrected chi connectivity index (χ0v) is 19.1. The van der Waals surface area contributed by atoms with Crippen LogP contribution in [0.25, 0.3) is 0 Å². The first-order chi connectivity index (χ1) is 14.8. The molecule has 0 radical (unpaired) electrons. The van der Waals surface area contributed by atoms with Gasteiger partial charge in [-0.2, -0.15) is 0 Å². The summed E-state index contributed by atoms with van der Waals surface area (Å²) in [7, 11) is 0. The van der Waals surface area contributed by atoms with Gasteiger partial charge in [0.25, 0.3) is 11.5 Å². The zero-order valence-electron chi connectivity index (χ0n) is 19.1. The molecule has 1 aliphatic rings. The van der Waals surface area contributed by atoms with Crippen LogP contribution in [-0.4, -0.2) is 23.5 Å². The number of aromatic amines is 1. The van der Waals surface area contributed by atoms with Crippen LogP contribution in [0.1, 0.15) is 77.3 Å². The SMILES string of the molecule is C#Cc1cc(C(=O)NCc2c(C)cc(C)[nH]c2=O)c(C)c(N(CC)C2CCCCC2)c1. The van der Waals surface area contributed by atoms with Crippen molar-refractivity contribution in [1.82, 2.24) is 10.3 Å². The number of carbonyl (C=O) groups excluding carboxylic acids is 1. The fourth-order valence-corrected chi connectivity index (χ4v) is 4.70. The maximum absolute atomic E-state index is 13.1. The van der Waals surface area contributed by atoms with Gasteiger partial charge in [0.2, 0.25) is 0 Å². The molecule has 1 fully saturated rings. The monoisotopic (exact) mass is 419 g/mol. The van der Waals surface area contributed by atoms with Crippen molar-refractivity contribution in [2.24, 2.45) is 0 Å². The number of amides is 1. The Labute approximate surface area is 185 Å². The molecule has 1 saturated carbocycles. The summed E-state index contributed by atoms with van der Waals surface area (Å²) < 4.78 is 0. The third-order valence-corrected chi connectivity index (χ3v) is 6.38. The number of hydrogen-bond acceptors (Lipinski definition) is 3. The lowest BCUT2D eigenvalue weighted by Gasteiger charge is -2.36. The highest BCUT2D eigenvalue weighted by Gasteiger charge is 2.24. The Kier molecular flexibility index (Phi) is 7.22. The van der Waals surface area contributed by atoms with Crippen LogP contribution in [0.4, 0.5) is 5.69 Å². The number of hydrogen-bond donors (Lipinski definition) is 2. The molecule has 3 rings (SSSR count). The molecule has 1 aromatic carbocycles. The summed E-state index contributed by atoms with van der Waals surface area (Å²) in [5.41, 5.74) is 5.32. The van der Waals surface area contributed by atoms with E-state index in [4.69, 9.17) is 6.42 Å². The molecule has 0 bridgehead atoms. The van der Waals surface area contributed by atoms with Crippen LogP contribution in [0.3, 0.4) is 0 Å². The number of carbonyl (C=O) groups is 1. The first kappa shape index (κ1) is 22.7. The third-order valence-electron chi connectivity index (χ3n) is 6.38. The minimum absolute atomic E-state index is 0.165. The van der Waals surface area contributed by atoms with Crippen LogP contribution in [0.15, 0.2) is 23.0 Å². The maximum atomic E-state index is 13.1. The topological polar surface area (TPSA) is 65.2 Å². The summed E-state index contributed by atoms with van der Waals surface area (Å²) in [6.45, 7) is 8.92. The Morgan fingerprint density at radius 2 is 1.90 bits per heavy atom. The molecule has 5 nitrogen and oxygen atoms in total. The summed E-state index contributed by atoms with van der Waals surface area (Å²) in [6.07, 6.45) is 11.9. The molecule has 1 amide bonds. The van der Waals surface area contributed by atoms with E-state index >= 15 is 0 Å². The predicted molar refractivity (Wildman–Crippen MR) is 127 cm³/mol. The number of pyridine rings is 1. The molecule has 2 aromatic rings. The standard InChI is InChI=1S/C26H33N3O2/c1-6-20-14-22(25(30)27-16-23-17(3)13-18(4)28-26(23)31)19(5)24(15-20)29(7-2)21-11-9-8-10-12-21/h1,13-15,21H,7-12,16H2,2-5H3,(H,27,30)(H,28,31). The molecule has 1 aromatic heterocycles. The molecule has 5 heteroatoms. The Morgan fingerprint density at radius 3 is 2.52 bits per heavy atom. The van der Waals surface area contributed by atoms with E-state index in [2.05, 4.69) is 28.0 Å². The van der Waals surface area contributed by atoms with Crippen molar-refractivity contribution in [3.63, 3.8) is 0 Å². The summed E-state index contributed by atoms with van der Waals surface area (Å²) in [5.74, 6) is 2.50. The normalized spacial score (nSPS) is 14.2. The summed E-state index contributed by atoms with van der Waals surface area (Å²) in [5, 5.41) is 2.93. The molecular weight excluding hydrogens is 386 g/mol. The molecule has 2 N–H and O–H groups in total. The van der Waals surface area contributed by atoms with Crippen LogP contribution in [0.5, 0.6) is 0 Å². The summed E-state index contributed by atoms with van der Waals surface area (Å²) >= 11 is 0. The number of anilines is 1. The Balaban J connectivity index is 1.90. The van der Waals surface area contributed by atoms with Gasteiger partial charge in [0.1, 0.15) is 0 Å². The number of nitrogens with one attached hydrogen (secondary N) is 2. The van der Waals surface area contributed by atoms with Gasteiger partial charge in [0.15, 0.2) is 0 Å². The lowest BCUT2D eigenvalue weighted by Crippen LogP contribution is -2.37. The van der Waals surface area contributed by atoms with Crippen molar-refractivity contribution in [1.29, 1.82) is 0 Å². The molecule has 0 saturated heterocycles. The second-order valence-corrected chi connectivity index (χ2v) is 8.52. The molecule has 0 unspecified atom stereocenters. The van der Waals surface area contributed by atoms with Gasteiger partial charge < -0.3 is 15.2 Å². The van der Waals surface area contributed by atoms with Crippen molar-refractivity contribution in [2.45, 2.75) is 72.4 Å². The highest BCUT2D eigenvalue weighted by atomic mass is 16.1. The minimum Gasteiger partial charge on any atom is -0.369 e. The molecule has 1 heterocycles. The van der Waals surface area contributed by atoms with E-state index in [1.165, 1.54) is 32.1 Å². The largest absolute Gasteiger partial charge is 0.369 e. The number of benzene rings is 1. The predicted octanol–water partition coefficient (Wildman–Crippen LogP) is 4.37. The second-order valence-electron chi connectivity index (χ2n) is 8.52. The Morgan fingerprint density at radius 1 is 1.19 bits per heavy atom. The van der Waals surface area contributed by atoms with Gasteiger partial charge in [-0.1, -0.05) is 25.2 Å². The van der Waals surface area contributed by atoms with E-state index in [9.17, 15) is 9.59 Å². The quantitative estimate of drug-likeness (QED) is 0.684. The van der Waals surface area contributed by atoms with Crippen LogP contribution in [-0.2, 0) is 6.54 Å². The van der Waals surface area contributed by atoms with Crippen LogP contribution in [0.2, 0.25) is 0 Å². The number of terminal acetylenes is 1. The van der Waals surface area contributed by atoms with E-state index in [-0.39, 0.29) is 18.0 Å². The van der Waals surface area contributed by atoms with E-state index in [0.29, 0.717) is 22.7 Å². The second kappa shape index (κ2) is 9.87. The van der Waals surface area contributed by atoms with Gasteiger partial charge in [0, 0.05) is 47.2 Å². The first-order valence-electron chi connectivity index (χ1n) is 11.2. The number of rotatable bonds is 6. The molecule has 0 atom stereocenters. The lowest BCUT2D eigenvalue weighted by molar-refractivity contribution is 0.0950. The lowest BCUT2D eigenvalue weighted by atomic mass is 9.92. The van der Waals surface area contributed by atoms with Gasteiger partial charge in [-0.25, -0.2) is 0 Å². The molecule has 31 heavy (non-hydrogen) atoms. The van der Waals surface area contributed by atoms with Crippen molar-refractivity contribution >= 4 is 11.6 Å². The van der Waals surface area contributed by atoms with Gasteiger partial charge in [-0.15, -0.1) is 6.42 Å². The highest BCUT2D eigenvalue weighted by Crippen LogP contribution is 2.32. The maximum Gasteiger partial charge on any atom is 0.253 e. The number of aryl methyl sites for hydroxylation is 2. The number of nitrogens with zero attached hydrogens (tertiary/aromatic N) is 1. The van der Waals surface area contributed by atoms with E-state index in [1.807, 2.05) is 32.9 Å². The van der Waals surface area contributed by atoms with Crippen LogP contribution < -0.4 is 15.8 Å². The Hall–Kier alpha value is -3.00. The van der Waals surface area contributed by atoms with Crippen molar-refractivity contribution in [2.75, 3.05) is 11.4 Å². The fourth-order valence-electron chi connectivity index (χ4n) is 4.70. The van der Waals surface area contributed by atoms with Gasteiger partial charge in [0.05, 0.1) is 0 Å². The van der Waals surface area contributed by atoms with Crippen molar-refractivity contribution in [3.8, 4) is 12.3 Å². The molecule has 0 spiro atoms. The fraction of sp³-hybridized carbons (Fsp3) is 0.462. The average molecular weight is 420 g/mol. The van der Waals surface area contributed by atoms with Crippen molar-refractivity contribution < 1.29 is 4.79 Å². The third kappa shape index (κ3) is 5.02. The summed E-state index contributed by atoms with van der Waals surface area (Å²) in [6, 6.07) is 6.19. The van der Waals surface area contributed by atoms with Gasteiger partial charge >= 0.3 is 0 Å². The molecule has 0 aliphatic heterocycles. The number of aromatic nitrogens is 1. The molecule has 164 valence electrons. The van der Waals surface area contributed by atoms with Gasteiger partial charge in [-0.05, 0) is 69.9 Å². The first-order valence-corrected chi connectivity index (χ1v) is 11.2. The van der Waals surface area contributed by atoms with E-state index in [1.54, 1.807) is 6.07 Å². The van der Waals surface area contributed by atoms with Crippen LogP contribution >= 0.6 is 0 Å². The summed E-state index contributed by atoms with van der Waals surface area (Å²) in [4.78, 5) is 30.6. The number of H-pyrrole nitrogens is 1. The Bertz CT molecular complexity index is 1060.